The first-order valence-corrected chi connectivity index (χ1v) is 12.4. The Morgan fingerprint density at radius 2 is 1.12 bits per heavy atom. The van der Waals surface area contributed by atoms with Crippen LogP contribution in [0, 0.1) is 0 Å². The highest BCUT2D eigenvalue weighted by atomic mass is 32.2. The van der Waals surface area contributed by atoms with Crippen molar-refractivity contribution < 1.29 is 16.8 Å². The Bertz CT molecular complexity index is 569. The van der Waals surface area contributed by atoms with Gasteiger partial charge in [-0.3, -0.25) is 9.80 Å². The molecule has 2 saturated heterocycles. The first-order chi connectivity index (χ1) is 11.8. The molecule has 0 unspecified atom stereocenters. The van der Waals surface area contributed by atoms with Gasteiger partial charge in [-0.1, -0.05) is 26.7 Å². The van der Waals surface area contributed by atoms with E-state index in [2.05, 4.69) is 9.80 Å². The summed E-state index contributed by atoms with van der Waals surface area (Å²) in [7, 11) is -6.29. The summed E-state index contributed by atoms with van der Waals surface area (Å²) in [4.78, 5) is 4.21. The first-order valence-electron chi connectivity index (χ1n) is 9.19. The molecule has 0 aromatic carbocycles. The van der Waals surface area contributed by atoms with Crippen LogP contribution in [0.15, 0.2) is 0 Å². The predicted octanol–water partition coefficient (Wildman–Crippen LogP) is 0.354. The number of rotatable bonds is 8. The lowest BCUT2D eigenvalue weighted by Gasteiger charge is -2.41. The second kappa shape index (κ2) is 9.09. The SMILES string of the molecule is CCCCN1CN(CN2CCS(=O)(=O)N(CCCC)C2)CCS1(=O)=O. The standard InChI is InChI=1S/C15H32N4O4S2/c1-3-5-7-18-14-16(9-11-24(18,20)21)13-17-10-12-25(22,23)19(15-17)8-6-4-2/h3-15H2,1-2H3. The Morgan fingerprint density at radius 3 is 1.48 bits per heavy atom. The normalized spacial score (nSPS) is 26.0. The minimum absolute atomic E-state index is 0.141. The van der Waals surface area contributed by atoms with Crippen molar-refractivity contribution in [1.82, 2.24) is 18.4 Å². The van der Waals surface area contributed by atoms with Crippen molar-refractivity contribution in [1.29, 1.82) is 0 Å². The zero-order valence-electron chi connectivity index (χ0n) is 15.4. The quantitative estimate of drug-likeness (QED) is 0.589. The molecule has 2 aliphatic heterocycles. The molecule has 2 aliphatic rings. The second-order valence-corrected chi connectivity index (χ2v) is 11.1. The molecular formula is C15H32N4O4S2. The largest absolute Gasteiger partial charge is 0.275 e. The third-order valence-electron chi connectivity index (χ3n) is 4.76. The monoisotopic (exact) mass is 396 g/mol. The van der Waals surface area contributed by atoms with Crippen LogP contribution in [0.4, 0.5) is 0 Å². The molecule has 25 heavy (non-hydrogen) atoms. The number of unbranched alkanes of at least 4 members (excludes halogenated alkanes) is 2. The van der Waals surface area contributed by atoms with Crippen molar-refractivity contribution in [2.24, 2.45) is 0 Å². The summed E-state index contributed by atoms with van der Waals surface area (Å²) in [6.45, 7) is 7.64. The van der Waals surface area contributed by atoms with E-state index in [9.17, 15) is 16.8 Å². The number of hydrogen-bond acceptors (Lipinski definition) is 6. The van der Waals surface area contributed by atoms with E-state index in [0.29, 0.717) is 46.2 Å². The average molecular weight is 397 g/mol. The van der Waals surface area contributed by atoms with Gasteiger partial charge in [0.05, 0.1) is 31.5 Å². The predicted molar refractivity (Wildman–Crippen MR) is 98.8 cm³/mol. The molecule has 148 valence electrons. The molecule has 0 aliphatic carbocycles. The van der Waals surface area contributed by atoms with Crippen LogP contribution in [0.1, 0.15) is 39.5 Å². The fourth-order valence-electron chi connectivity index (χ4n) is 3.11. The molecule has 2 fully saturated rings. The van der Waals surface area contributed by atoms with Gasteiger partial charge < -0.3 is 0 Å². The van der Waals surface area contributed by atoms with Crippen LogP contribution in [0.25, 0.3) is 0 Å². The van der Waals surface area contributed by atoms with Crippen molar-refractivity contribution in [2.75, 3.05) is 57.7 Å². The van der Waals surface area contributed by atoms with Gasteiger partial charge in [-0.2, -0.15) is 8.61 Å². The smallest absolute Gasteiger partial charge is 0.216 e. The minimum atomic E-state index is -3.14. The summed E-state index contributed by atoms with van der Waals surface area (Å²) in [5.41, 5.74) is 0. The fraction of sp³-hybridized carbons (Fsp3) is 1.00. The van der Waals surface area contributed by atoms with Crippen LogP contribution in [0.2, 0.25) is 0 Å². The molecule has 10 heteroatoms. The maximum Gasteiger partial charge on any atom is 0.216 e. The second-order valence-electron chi connectivity index (χ2n) is 6.90. The van der Waals surface area contributed by atoms with Gasteiger partial charge in [0.2, 0.25) is 20.0 Å². The summed E-state index contributed by atoms with van der Waals surface area (Å²) in [6.07, 6.45) is 3.64. The Labute approximate surface area is 152 Å². The van der Waals surface area contributed by atoms with Crippen LogP contribution in [-0.4, -0.2) is 92.9 Å². The molecule has 2 rings (SSSR count). The maximum atomic E-state index is 12.2. The average Bonchev–Trinajstić information content (AvgIpc) is 2.55. The van der Waals surface area contributed by atoms with Crippen molar-refractivity contribution in [3.05, 3.63) is 0 Å². The molecule has 0 amide bonds. The lowest BCUT2D eigenvalue weighted by atomic mass is 10.3. The van der Waals surface area contributed by atoms with Gasteiger partial charge in [0.25, 0.3) is 0 Å². The molecule has 0 aromatic rings. The van der Waals surface area contributed by atoms with Crippen molar-refractivity contribution in [3.63, 3.8) is 0 Å². The Kier molecular flexibility index (Phi) is 7.66. The van der Waals surface area contributed by atoms with E-state index in [1.54, 1.807) is 8.61 Å². The first kappa shape index (κ1) is 21.0. The number of sulfonamides is 2. The molecule has 0 bridgehead atoms. The summed E-state index contributed by atoms with van der Waals surface area (Å²) >= 11 is 0. The molecule has 0 aromatic heterocycles. The molecule has 0 saturated carbocycles. The number of nitrogens with zero attached hydrogens (tertiary/aromatic N) is 4. The molecule has 0 radical (unpaired) electrons. The zero-order chi connectivity index (χ0) is 18.5. The Morgan fingerprint density at radius 1 is 0.720 bits per heavy atom. The summed E-state index contributed by atoms with van der Waals surface area (Å²) in [5.74, 6) is 0.283. The van der Waals surface area contributed by atoms with Crippen molar-refractivity contribution in [3.8, 4) is 0 Å². The van der Waals surface area contributed by atoms with Crippen LogP contribution in [0.3, 0.4) is 0 Å². The van der Waals surface area contributed by atoms with Crippen LogP contribution >= 0.6 is 0 Å². The molecule has 0 spiro atoms. The van der Waals surface area contributed by atoms with E-state index in [4.69, 9.17) is 0 Å². The molecule has 0 atom stereocenters. The number of hydrogen-bond donors (Lipinski definition) is 0. The lowest BCUT2D eigenvalue weighted by molar-refractivity contribution is 0.0703. The van der Waals surface area contributed by atoms with Gasteiger partial charge in [0.1, 0.15) is 0 Å². The van der Waals surface area contributed by atoms with Gasteiger partial charge in [0.15, 0.2) is 0 Å². The van der Waals surface area contributed by atoms with Gasteiger partial charge in [-0.25, -0.2) is 16.8 Å². The van der Waals surface area contributed by atoms with Gasteiger partial charge in [-0.05, 0) is 12.8 Å². The maximum absolute atomic E-state index is 12.2. The molecular weight excluding hydrogens is 364 g/mol. The van der Waals surface area contributed by atoms with E-state index >= 15 is 0 Å². The summed E-state index contributed by atoms with van der Waals surface area (Å²) in [5, 5.41) is 0. The summed E-state index contributed by atoms with van der Waals surface area (Å²) < 4.78 is 51.8. The highest BCUT2D eigenvalue weighted by Gasteiger charge is 2.33. The van der Waals surface area contributed by atoms with Gasteiger partial charge in [-0.15, -0.1) is 0 Å². The highest BCUT2D eigenvalue weighted by Crippen LogP contribution is 2.16. The highest BCUT2D eigenvalue weighted by molar-refractivity contribution is 7.89. The van der Waals surface area contributed by atoms with E-state index in [0.717, 1.165) is 25.7 Å². The van der Waals surface area contributed by atoms with E-state index < -0.39 is 20.0 Å². The zero-order valence-corrected chi connectivity index (χ0v) is 17.1. The van der Waals surface area contributed by atoms with E-state index in [1.807, 2.05) is 13.8 Å². The Hall–Kier alpha value is -0.260. The van der Waals surface area contributed by atoms with E-state index in [1.165, 1.54) is 0 Å². The van der Waals surface area contributed by atoms with Gasteiger partial charge in [0, 0.05) is 26.2 Å². The molecule has 8 nitrogen and oxygen atoms in total. The third kappa shape index (κ3) is 5.86. The van der Waals surface area contributed by atoms with Crippen molar-refractivity contribution in [2.45, 2.75) is 39.5 Å². The Balaban J connectivity index is 1.93. The van der Waals surface area contributed by atoms with Crippen LogP contribution in [-0.2, 0) is 20.0 Å². The van der Waals surface area contributed by atoms with Crippen LogP contribution in [0.5, 0.6) is 0 Å². The summed E-state index contributed by atoms with van der Waals surface area (Å²) in [6, 6.07) is 0. The molecule has 0 N–H and O–H groups in total. The minimum Gasteiger partial charge on any atom is -0.275 e. The van der Waals surface area contributed by atoms with Gasteiger partial charge >= 0.3 is 0 Å². The topological polar surface area (TPSA) is 81.2 Å². The fourth-order valence-corrected chi connectivity index (χ4v) is 6.10. The van der Waals surface area contributed by atoms with Crippen LogP contribution < -0.4 is 0 Å². The lowest BCUT2D eigenvalue weighted by Crippen LogP contribution is -2.57. The van der Waals surface area contributed by atoms with E-state index in [-0.39, 0.29) is 11.5 Å². The van der Waals surface area contributed by atoms with Crippen molar-refractivity contribution >= 4 is 20.0 Å². The molecule has 2 heterocycles. The third-order valence-corrected chi connectivity index (χ3v) is 8.32.